The van der Waals surface area contributed by atoms with Crippen LogP contribution in [-0.4, -0.2) is 25.0 Å². The smallest absolute Gasteiger partial charge is 0.347 e. The summed E-state index contributed by atoms with van der Waals surface area (Å²) in [6, 6.07) is 20.0. The maximum absolute atomic E-state index is 13.3. The third-order valence-electron chi connectivity index (χ3n) is 7.10. The maximum atomic E-state index is 13.3. The van der Waals surface area contributed by atoms with E-state index in [4.69, 9.17) is 13.6 Å². The number of carbonyl (C=O) groups excluding carboxylic acids is 2. The molecular formula is C31H26N2O6. The molecule has 1 atom stereocenters. The number of amides is 2. The molecule has 3 heterocycles. The highest BCUT2D eigenvalue weighted by Crippen LogP contribution is 2.35. The summed E-state index contributed by atoms with van der Waals surface area (Å²) in [7, 11) is 1.62. The molecule has 0 fully saturated rings. The summed E-state index contributed by atoms with van der Waals surface area (Å²) < 4.78 is 16.8. The van der Waals surface area contributed by atoms with E-state index in [1.54, 1.807) is 20.1 Å². The number of methoxy groups -OCH3 is 1. The van der Waals surface area contributed by atoms with E-state index in [1.807, 2.05) is 60.7 Å². The van der Waals surface area contributed by atoms with Gasteiger partial charge in [0.25, 0.3) is 0 Å². The molecule has 0 radical (unpaired) electrons. The number of para-hydroxylation sites is 1. The summed E-state index contributed by atoms with van der Waals surface area (Å²) >= 11 is 0. The lowest BCUT2D eigenvalue weighted by molar-refractivity contribution is -0.126. The van der Waals surface area contributed by atoms with Crippen LogP contribution in [0.5, 0.6) is 5.75 Å². The van der Waals surface area contributed by atoms with Crippen molar-refractivity contribution in [3.63, 3.8) is 0 Å². The summed E-state index contributed by atoms with van der Waals surface area (Å²) in [4.78, 5) is 39.1. The Balaban J connectivity index is 1.35. The van der Waals surface area contributed by atoms with Gasteiger partial charge in [-0.2, -0.15) is 0 Å². The number of hydrogen-bond donors (Lipinski definition) is 2. The van der Waals surface area contributed by atoms with Crippen LogP contribution >= 0.6 is 0 Å². The first-order valence-electron chi connectivity index (χ1n) is 12.7. The van der Waals surface area contributed by atoms with Crippen molar-refractivity contribution >= 4 is 39.2 Å². The zero-order valence-electron chi connectivity index (χ0n) is 21.5. The van der Waals surface area contributed by atoms with Crippen LogP contribution < -0.4 is 21.0 Å². The molecule has 0 bridgehead atoms. The van der Waals surface area contributed by atoms with Crippen molar-refractivity contribution in [2.75, 3.05) is 12.4 Å². The van der Waals surface area contributed by atoms with Crippen molar-refractivity contribution in [1.82, 2.24) is 5.32 Å². The molecule has 2 N–H and O–H groups in total. The Morgan fingerprint density at radius 1 is 1.03 bits per heavy atom. The standard InChI is InChI=1S/C31H26N2O6/c1-17-13-26-28(31(36)38-17)23(29(39-26)21-8-7-20-15-22(37-2)11-9-19(20)14-21)16-27(34)32-25-12-10-18-5-3-4-6-24(18)33-30(25)35/h3-9,11,13-15,25H,10,12,16H2,1-2H3,(H,32,34)(H,33,35). The van der Waals surface area contributed by atoms with Gasteiger partial charge in [-0.05, 0) is 60.4 Å². The van der Waals surface area contributed by atoms with E-state index in [-0.39, 0.29) is 17.7 Å². The first kappa shape index (κ1) is 24.5. The molecule has 1 unspecified atom stereocenters. The number of ether oxygens (including phenoxy) is 1. The number of anilines is 1. The van der Waals surface area contributed by atoms with E-state index >= 15 is 0 Å². The normalized spacial score (nSPS) is 15.0. The molecule has 6 rings (SSSR count). The van der Waals surface area contributed by atoms with E-state index in [0.717, 1.165) is 27.8 Å². The van der Waals surface area contributed by atoms with E-state index in [0.29, 0.717) is 41.1 Å². The first-order valence-corrected chi connectivity index (χ1v) is 12.7. The van der Waals surface area contributed by atoms with Crippen LogP contribution in [-0.2, 0) is 22.4 Å². The van der Waals surface area contributed by atoms with E-state index in [2.05, 4.69) is 10.6 Å². The van der Waals surface area contributed by atoms with Crippen LogP contribution in [0.15, 0.2) is 80.4 Å². The van der Waals surface area contributed by atoms with Crippen molar-refractivity contribution in [1.29, 1.82) is 0 Å². The second kappa shape index (κ2) is 9.79. The van der Waals surface area contributed by atoms with Gasteiger partial charge >= 0.3 is 5.63 Å². The quantitative estimate of drug-likeness (QED) is 0.331. The predicted octanol–water partition coefficient (Wildman–Crippen LogP) is 5.14. The van der Waals surface area contributed by atoms with E-state index in [9.17, 15) is 14.4 Å². The van der Waals surface area contributed by atoms with Crippen LogP contribution in [0, 0.1) is 6.92 Å². The molecule has 2 amide bonds. The fourth-order valence-corrected chi connectivity index (χ4v) is 5.17. The number of aryl methyl sites for hydroxylation is 2. The number of carbonyl (C=O) groups is 2. The Labute approximate surface area is 223 Å². The van der Waals surface area contributed by atoms with Crippen molar-refractivity contribution in [2.24, 2.45) is 0 Å². The molecule has 2 aromatic heterocycles. The first-order chi connectivity index (χ1) is 18.9. The molecule has 0 saturated carbocycles. The Hall–Kier alpha value is -4.85. The van der Waals surface area contributed by atoms with Gasteiger partial charge in [-0.15, -0.1) is 0 Å². The number of furan rings is 1. The van der Waals surface area contributed by atoms with Crippen molar-refractivity contribution < 1.29 is 23.2 Å². The number of hydrogen-bond acceptors (Lipinski definition) is 6. The monoisotopic (exact) mass is 522 g/mol. The molecular weight excluding hydrogens is 496 g/mol. The molecule has 39 heavy (non-hydrogen) atoms. The highest BCUT2D eigenvalue weighted by Gasteiger charge is 2.27. The third-order valence-corrected chi connectivity index (χ3v) is 7.10. The number of fused-ring (bicyclic) bond motifs is 3. The average Bonchev–Trinajstić information content (AvgIpc) is 3.20. The van der Waals surface area contributed by atoms with Gasteiger partial charge in [-0.3, -0.25) is 9.59 Å². The van der Waals surface area contributed by atoms with Gasteiger partial charge in [-0.1, -0.05) is 36.4 Å². The second-order valence-electron chi connectivity index (χ2n) is 9.70. The lowest BCUT2D eigenvalue weighted by Crippen LogP contribution is -2.43. The summed E-state index contributed by atoms with van der Waals surface area (Å²) in [5.41, 5.74) is 2.68. The van der Waals surface area contributed by atoms with Crippen molar-refractivity contribution in [2.45, 2.75) is 32.2 Å². The molecule has 0 aliphatic carbocycles. The van der Waals surface area contributed by atoms with Crippen LogP contribution in [0.25, 0.3) is 33.1 Å². The van der Waals surface area contributed by atoms with Gasteiger partial charge in [0.2, 0.25) is 11.8 Å². The highest BCUT2D eigenvalue weighted by atomic mass is 16.5. The molecule has 1 aliphatic rings. The van der Waals surface area contributed by atoms with Crippen LogP contribution in [0.2, 0.25) is 0 Å². The SMILES string of the molecule is COc1ccc2cc(-c3oc4cc(C)oc(=O)c4c3CC(=O)NC3CCc4ccccc4NC3=O)ccc2c1. The largest absolute Gasteiger partial charge is 0.497 e. The van der Waals surface area contributed by atoms with Crippen molar-refractivity contribution in [3.8, 4) is 17.1 Å². The Bertz CT molecular complexity index is 1820. The summed E-state index contributed by atoms with van der Waals surface area (Å²) in [5.74, 6) is 0.897. The number of benzene rings is 3. The minimum atomic E-state index is -0.708. The topological polar surface area (TPSA) is 111 Å². The molecule has 0 spiro atoms. The second-order valence-corrected chi connectivity index (χ2v) is 9.70. The zero-order valence-corrected chi connectivity index (χ0v) is 21.5. The van der Waals surface area contributed by atoms with Crippen LogP contribution in [0.1, 0.15) is 23.3 Å². The van der Waals surface area contributed by atoms with Gasteiger partial charge < -0.3 is 24.2 Å². The van der Waals surface area contributed by atoms with E-state index < -0.39 is 17.6 Å². The fourth-order valence-electron chi connectivity index (χ4n) is 5.17. The predicted molar refractivity (Wildman–Crippen MR) is 148 cm³/mol. The fraction of sp³-hybridized carbons (Fsp3) is 0.194. The Morgan fingerprint density at radius 3 is 2.67 bits per heavy atom. The van der Waals surface area contributed by atoms with E-state index in [1.165, 1.54) is 0 Å². The molecule has 3 aromatic carbocycles. The number of rotatable bonds is 5. The zero-order chi connectivity index (χ0) is 27.1. The van der Waals surface area contributed by atoms with Gasteiger partial charge in [0.15, 0.2) is 0 Å². The molecule has 8 nitrogen and oxygen atoms in total. The minimum Gasteiger partial charge on any atom is -0.497 e. The van der Waals surface area contributed by atoms with Crippen molar-refractivity contribution in [3.05, 3.63) is 94.0 Å². The summed E-state index contributed by atoms with van der Waals surface area (Å²) in [5, 5.41) is 7.90. The maximum Gasteiger partial charge on any atom is 0.347 e. The highest BCUT2D eigenvalue weighted by molar-refractivity contribution is 6.00. The molecule has 196 valence electrons. The van der Waals surface area contributed by atoms with Crippen LogP contribution in [0.3, 0.4) is 0 Å². The Kier molecular flexibility index (Phi) is 6.15. The summed E-state index contributed by atoms with van der Waals surface area (Å²) in [6.45, 7) is 1.67. The summed E-state index contributed by atoms with van der Waals surface area (Å²) in [6.07, 6.45) is 0.946. The average molecular weight is 523 g/mol. The van der Waals surface area contributed by atoms with Gasteiger partial charge in [0.1, 0.15) is 34.3 Å². The molecule has 0 saturated heterocycles. The van der Waals surface area contributed by atoms with Gasteiger partial charge in [-0.25, -0.2) is 4.79 Å². The lowest BCUT2D eigenvalue weighted by Gasteiger charge is -2.15. The molecule has 8 heteroatoms. The van der Waals surface area contributed by atoms with Crippen LogP contribution in [0.4, 0.5) is 5.69 Å². The third kappa shape index (κ3) is 4.65. The van der Waals surface area contributed by atoms with Gasteiger partial charge in [0.05, 0.1) is 13.5 Å². The minimum absolute atomic E-state index is 0.159. The molecule has 5 aromatic rings. The number of nitrogens with one attached hydrogen (secondary N) is 2. The lowest BCUT2D eigenvalue weighted by atomic mass is 10.00. The Morgan fingerprint density at radius 2 is 1.82 bits per heavy atom. The van der Waals surface area contributed by atoms with Gasteiger partial charge in [0, 0.05) is 22.9 Å². The molecule has 1 aliphatic heterocycles.